The molecular weight excluding hydrogens is 424 g/mol. The van der Waals surface area contributed by atoms with E-state index in [0.29, 0.717) is 36.4 Å². The smallest absolute Gasteiger partial charge is 0.247 e. The quantitative estimate of drug-likeness (QED) is 0.742. The van der Waals surface area contributed by atoms with Gasteiger partial charge in [0, 0.05) is 24.4 Å². The van der Waals surface area contributed by atoms with Crippen LogP contribution < -0.4 is 15.5 Å². The fraction of sp³-hybridized carbons (Fsp3) is 0.318. The first kappa shape index (κ1) is 21.3. The van der Waals surface area contributed by atoms with Crippen LogP contribution in [0.25, 0.3) is 0 Å². The molecule has 0 saturated carbocycles. The van der Waals surface area contributed by atoms with Crippen molar-refractivity contribution in [3.8, 4) is 0 Å². The Hall–Kier alpha value is -2.94. The number of halogens is 2. The number of thioether (sulfide) groups is 1. The summed E-state index contributed by atoms with van der Waals surface area (Å²) >= 11 is 1.30. The standard InChI is InChI=1S/C22H21F2N3O3S/c23-15-5-2-1-4-13(15)10-19-22(30)26-17(12-31-19)21(29)25-14-7-8-16(24)18(11-14)27-9-3-6-20(27)28/h1-2,4-5,7-8,11,17,19H,3,6,9-10,12H2,(H,25,29)(H,26,30). The number of nitrogens with one attached hydrogen (secondary N) is 2. The molecule has 2 aliphatic heterocycles. The van der Waals surface area contributed by atoms with Crippen molar-refractivity contribution in [2.45, 2.75) is 30.6 Å². The van der Waals surface area contributed by atoms with Gasteiger partial charge in [0.2, 0.25) is 17.7 Å². The van der Waals surface area contributed by atoms with Crippen molar-refractivity contribution in [1.82, 2.24) is 5.32 Å². The van der Waals surface area contributed by atoms with Crippen LogP contribution in [0.4, 0.5) is 20.2 Å². The molecule has 6 nitrogen and oxygen atoms in total. The molecule has 0 radical (unpaired) electrons. The SMILES string of the molecule is O=C(Nc1ccc(F)c(N2CCCC2=O)c1)C1CSC(Cc2ccccc2F)C(=O)N1. The van der Waals surface area contributed by atoms with E-state index < -0.39 is 23.0 Å². The largest absolute Gasteiger partial charge is 0.343 e. The minimum atomic E-state index is -0.767. The maximum Gasteiger partial charge on any atom is 0.247 e. The molecule has 2 heterocycles. The summed E-state index contributed by atoms with van der Waals surface area (Å²) in [6.07, 6.45) is 1.27. The van der Waals surface area contributed by atoms with Gasteiger partial charge < -0.3 is 15.5 Å². The van der Waals surface area contributed by atoms with Crippen LogP contribution in [0.1, 0.15) is 18.4 Å². The van der Waals surface area contributed by atoms with E-state index in [2.05, 4.69) is 10.6 Å². The summed E-state index contributed by atoms with van der Waals surface area (Å²) in [5, 5.41) is 4.88. The molecule has 2 aromatic rings. The Kier molecular flexibility index (Phi) is 6.22. The van der Waals surface area contributed by atoms with Crippen molar-refractivity contribution in [2.75, 3.05) is 22.5 Å². The molecule has 2 atom stereocenters. The maximum atomic E-state index is 14.2. The highest BCUT2D eigenvalue weighted by molar-refractivity contribution is 8.00. The second-order valence-corrected chi connectivity index (χ2v) is 8.72. The topological polar surface area (TPSA) is 78.5 Å². The summed E-state index contributed by atoms with van der Waals surface area (Å²) in [5.74, 6) is -1.49. The number of hydrogen-bond acceptors (Lipinski definition) is 4. The molecule has 2 saturated heterocycles. The summed E-state index contributed by atoms with van der Waals surface area (Å²) in [4.78, 5) is 38.4. The Balaban J connectivity index is 1.38. The number of hydrogen-bond donors (Lipinski definition) is 2. The number of carbonyl (C=O) groups excluding carboxylic acids is 3. The van der Waals surface area contributed by atoms with Gasteiger partial charge in [-0.1, -0.05) is 18.2 Å². The summed E-state index contributed by atoms with van der Waals surface area (Å²) < 4.78 is 28.1. The van der Waals surface area contributed by atoms with Crippen molar-refractivity contribution in [1.29, 1.82) is 0 Å². The van der Waals surface area contributed by atoms with Gasteiger partial charge in [-0.15, -0.1) is 11.8 Å². The van der Waals surface area contributed by atoms with Gasteiger partial charge in [0.15, 0.2) is 0 Å². The van der Waals surface area contributed by atoms with Crippen molar-refractivity contribution < 1.29 is 23.2 Å². The van der Waals surface area contributed by atoms with E-state index in [0.717, 1.165) is 0 Å². The third-order valence-corrected chi connectivity index (χ3v) is 6.64. The summed E-state index contributed by atoms with van der Waals surface area (Å²) in [5.41, 5.74) is 0.925. The second-order valence-electron chi connectivity index (χ2n) is 7.48. The van der Waals surface area contributed by atoms with Crippen LogP contribution in [0.2, 0.25) is 0 Å². The Morgan fingerprint density at radius 3 is 2.68 bits per heavy atom. The molecule has 3 amide bonds. The Morgan fingerprint density at radius 1 is 1.16 bits per heavy atom. The lowest BCUT2D eigenvalue weighted by Gasteiger charge is -2.28. The minimum absolute atomic E-state index is 0.132. The highest BCUT2D eigenvalue weighted by Gasteiger charge is 2.33. The minimum Gasteiger partial charge on any atom is -0.343 e. The van der Waals surface area contributed by atoms with Crippen molar-refractivity contribution >= 4 is 40.9 Å². The molecule has 162 valence electrons. The third kappa shape index (κ3) is 4.71. The number of anilines is 2. The van der Waals surface area contributed by atoms with E-state index in [1.165, 1.54) is 40.9 Å². The molecule has 0 aliphatic carbocycles. The van der Waals surface area contributed by atoms with Crippen LogP contribution in [0, 0.1) is 11.6 Å². The molecule has 0 bridgehead atoms. The number of rotatable bonds is 5. The van der Waals surface area contributed by atoms with E-state index in [1.807, 2.05) is 0 Å². The first-order valence-corrected chi connectivity index (χ1v) is 11.0. The number of amides is 3. The maximum absolute atomic E-state index is 14.2. The predicted molar refractivity (Wildman–Crippen MR) is 115 cm³/mol. The van der Waals surface area contributed by atoms with Crippen molar-refractivity contribution in [3.63, 3.8) is 0 Å². The number of nitrogens with zero attached hydrogens (tertiary/aromatic N) is 1. The van der Waals surface area contributed by atoms with Gasteiger partial charge in [-0.2, -0.15) is 0 Å². The second kappa shape index (κ2) is 9.05. The first-order valence-electron chi connectivity index (χ1n) is 9.98. The van der Waals surface area contributed by atoms with Crippen molar-refractivity contribution in [2.24, 2.45) is 0 Å². The fourth-order valence-electron chi connectivity index (χ4n) is 3.68. The molecule has 2 aromatic carbocycles. The molecule has 0 spiro atoms. The lowest BCUT2D eigenvalue weighted by Crippen LogP contribution is -2.52. The van der Waals surface area contributed by atoms with Gasteiger partial charge in [-0.3, -0.25) is 14.4 Å². The molecule has 2 N–H and O–H groups in total. The van der Waals surface area contributed by atoms with E-state index >= 15 is 0 Å². The first-order chi connectivity index (χ1) is 14.9. The molecule has 0 aromatic heterocycles. The van der Waals surface area contributed by atoms with Gasteiger partial charge in [0.25, 0.3) is 0 Å². The fourth-order valence-corrected chi connectivity index (χ4v) is 4.86. The van der Waals surface area contributed by atoms with Crippen LogP contribution in [-0.2, 0) is 20.8 Å². The third-order valence-electron chi connectivity index (χ3n) is 5.33. The van der Waals surface area contributed by atoms with Crippen LogP contribution in [0.15, 0.2) is 42.5 Å². The van der Waals surface area contributed by atoms with Crippen molar-refractivity contribution in [3.05, 3.63) is 59.7 Å². The number of benzene rings is 2. The van der Waals surface area contributed by atoms with Gasteiger partial charge >= 0.3 is 0 Å². The van der Waals surface area contributed by atoms with Crippen LogP contribution in [-0.4, -0.2) is 41.3 Å². The molecular formula is C22H21F2N3O3S. The Labute approximate surface area is 182 Å². The van der Waals surface area contributed by atoms with E-state index in [4.69, 9.17) is 0 Å². The zero-order chi connectivity index (χ0) is 22.0. The highest BCUT2D eigenvalue weighted by atomic mass is 32.2. The normalized spacial score (nSPS) is 21.2. The van der Waals surface area contributed by atoms with E-state index in [-0.39, 0.29) is 29.7 Å². The zero-order valence-electron chi connectivity index (χ0n) is 16.6. The molecule has 2 fully saturated rings. The lowest BCUT2D eigenvalue weighted by molar-refractivity contribution is -0.126. The monoisotopic (exact) mass is 445 g/mol. The van der Waals surface area contributed by atoms with Gasteiger partial charge in [0.05, 0.1) is 10.9 Å². The molecule has 4 rings (SSSR count). The molecule has 2 aliphatic rings. The summed E-state index contributed by atoms with van der Waals surface area (Å²) in [7, 11) is 0. The van der Waals surface area contributed by atoms with Crippen LogP contribution in [0.5, 0.6) is 0 Å². The summed E-state index contributed by atoms with van der Waals surface area (Å²) in [6, 6.07) is 9.57. The average Bonchev–Trinajstić information content (AvgIpc) is 3.18. The molecule has 31 heavy (non-hydrogen) atoms. The van der Waals surface area contributed by atoms with Gasteiger partial charge in [-0.05, 0) is 42.7 Å². The van der Waals surface area contributed by atoms with E-state index in [9.17, 15) is 23.2 Å². The zero-order valence-corrected chi connectivity index (χ0v) is 17.4. The van der Waals surface area contributed by atoms with Crippen LogP contribution in [0.3, 0.4) is 0 Å². The van der Waals surface area contributed by atoms with E-state index in [1.54, 1.807) is 18.2 Å². The Bertz CT molecular complexity index is 1030. The average molecular weight is 445 g/mol. The molecule has 2 unspecified atom stereocenters. The Morgan fingerprint density at radius 2 is 1.97 bits per heavy atom. The predicted octanol–water partition coefficient (Wildman–Crippen LogP) is 2.87. The summed E-state index contributed by atoms with van der Waals surface area (Å²) in [6.45, 7) is 0.436. The van der Waals surface area contributed by atoms with Gasteiger partial charge in [-0.25, -0.2) is 8.78 Å². The molecule has 9 heteroatoms. The van der Waals surface area contributed by atoms with Gasteiger partial charge in [0.1, 0.15) is 17.7 Å². The lowest BCUT2D eigenvalue weighted by atomic mass is 10.1. The number of carbonyl (C=O) groups is 3. The van der Waals surface area contributed by atoms with Crippen LogP contribution >= 0.6 is 11.8 Å². The highest BCUT2D eigenvalue weighted by Crippen LogP contribution is 2.28.